The molecule has 0 radical (unpaired) electrons. The van der Waals surface area contributed by atoms with Gasteiger partial charge in [-0.05, 0) is 25.5 Å². The van der Waals surface area contributed by atoms with Gasteiger partial charge in [0, 0.05) is 55.0 Å². The van der Waals surface area contributed by atoms with Crippen LogP contribution >= 0.6 is 11.9 Å². The van der Waals surface area contributed by atoms with E-state index in [1.54, 1.807) is 19.4 Å². The van der Waals surface area contributed by atoms with Crippen LogP contribution in [0.25, 0.3) is 0 Å². The van der Waals surface area contributed by atoms with Gasteiger partial charge in [0.2, 0.25) is 17.8 Å². The molecule has 0 bridgehead atoms. The number of pyridine rings is 1. The molecule has 1 aromatic heterocycles. The molecule has 12 heteroatoms. The molecule has 1 atom stereocenters. The third-order valence-electron chi connectivity index (χ3n) is 5.30. The molecular weight excluding hydrogens is 434 g/mol. The van der Waals surface area contributed by atoms with E-state index in [4.69, 9.17) is 10.5 Å². The maximum Gasteiger partial charge on any atom is 0.281 e. The van der Waals surface area contributed by atoms with Crippen molar-refractivity contribution in [1.82, 2.24) is 9.99 Å². The minimum Gasteiger partial charge on any atom is -0.479 e. The van der Waals surface area contributed by atoms with Crippen LogP contribution < -0.4 is 20.8 Å². The Hall–Kier alpha value is -2.96. The van der Waals surface area contributed by atoms with Crippen molar-refractivity contribution < 1.29 is 13.8 Å². The van der Waals surface area contributed by atoms with Crippen molar-refractivity contribution in [1.29, 1.82) is 0 Å². The average Bonchev–Trinajstić information content (AvgIpc) is 2.79. The molecule has 1 unspecified atom stereocenters. The first kappa shape index (κ1) is 23.7. The molecule has 32 heavy (non-hydrogen) atoms. The Balaban J connectivity index is 1.75. The Morgan fingerprint density at radius 1 is 1.19 bits per heavy atom. The zero-order chi connectivity index (χ0) is 23.4. The number of rotatable bonds is 8. The number of methoxy groups -OCH3 is 1. The van der Waals surface area contributed by atoms with Gasteiger partial charge in [-0.15, -0.1) is 0 Å². The summed E-state index contributed by atoms with van der Waals surface area (Å²) in [6, 6.07) is 6.27. The molecule has 3 rings (SSSR count). The van der Waals surface area contributed by atoms with Crippen LogP contribution in [0.2, 0.25) is 0 Å². The first-order chi connectivity index (χ1) is 15.2. The molecule has 1 saturated heterocycles. The highest BCUT2D eigenvalue weighted by Gasteiger charge is 2.25. The predicted molar refractivity (Wildman–Crippen MR) is 125 cm³/mol. The Bertz CT molecular complexity index is 1010. The van der Waals surface area contributed by atoms with Gasteiger partial charge in [-0.3, -0.25) is 10.1 Å². The summed E-state index contributed by atoms with van der Waals surface area (Å²) in [5, 5.41) is 13.4. The van der Waals surface area contributed by atoms with E-state index >= 15 is 0 Å². The number of piperazine rings is 1. The Kier molecular flexibility index (Phi) is 7.48. The molecule has 0 aliphatic carbocycles. The third-order valence-corrected chi connectivity index (χ3v) is 5.84. The van der Waals surface area contributed by atoms with E-state index < -0.39 is 4.92 Å². The number of ether oxygens (including phenoxy) is 1. The van der Waals surface area contributed by atoms with Crippen LogP contribution in [0.15, 0.2) is 24.3 Å². The van der Waals surface area contributed by atoms with Gasteiger partial charge >= 0.3 is 0 Å². The van der Waals surface area contributed by atoms with Crippen LogP contribution in [0.4, 0.5) is 22.7 Å². The smallest absolute Gasteiger partial charge is 0.281 e. The van der Waals surface area contributed by atoms with Gasteiger partial charge in [-0.1, -0.05) is 0 Å². The summed E-state index contributed by atoms with van der Waals surface area (Å²) < 4.78 is 6.09. The number of hydrogen-bond donors (Lipinski definition) is 2. The van der Waals surface area contributed by atoms with Gasteiger partial charge in [0.25, 0.3) is 11.4 Å². The van der Waals surface area contributed by atoms with E-state index in [9.17, 15) is 15.0 Å². The second-order valence-electron chi connectivity index (χ2n) is 7.50. The Morgan fingerprint density at radius 3 is 2.41 bits per heavy atom. The third kappa shape index (κ3) is 5.26. The molecule has 11 nitrogen and oxygen atoms in total. The Labute approximate surface area is 190 Å². The van der Waals surface area contributed by atoms with Gasteiger partial charge < -0.3 is 20.8 Å². The maximum absolute atomic E-state index is 12.0. The lowest BCUT2D eigenvalue weighted by molar-refractivity contribution is -0.385. The van der Waals surface area contributed by atoms with Crippen molar-refractivity contribution in [3.63, 3.8) is 0 Å². The van der Waals surface area contributed by atoms with Crippen LogP contribution in [-0.4, -0.2) is 58.6 Å². The lowest BCUT2D eigenvalue weighted by atomic mass is 10.1. The molecule has 1 fully saturated rings. The molecule has 0 spiro atoms. The molecule has 172 valence electrons. The zero-order valence-electron chi connectivity index (χ0n) is 18.6. The molecule has 0 amide bonds. The number of hydrogen-bond acceptors (Lipinski definition) is 10. The molecule has 3 N–H and O–H groups in total. The monoisotopic (exact) mass is 462 g/mol. The lowest BCUT2D eigenvalue weighted by Crippen LogP contribution is -2.48. The van der Waals surface area contributed by atoms with Gasteiger partial charge in [0.05, 0.1) is 30.0 Å². The van der Waals surface area contributed by atoms with Crippen LogP contribution in [0.3, 0.4) is 0 Å². The number of benzene rings is 1. The topological polar surface area (TPSA) is 130 Å². The van der Waals surface area contributed by atoms with Crippen LogP contribution in [0.5, 0.6) is 5.88 Å². The van der Waals surface area contributed by atoms with Crippen LogP contribution in [0.1, 0.15) is 24.2 Å². The number of nitrogens with one attached hydrogen (secondary N) is 1. The normalized spacial score (nSPS) is 15.3. The van der Waals surface area contributed by atoms with Crippen molar-refractivity contribution >= 4 is 34.7 Å². The molecule has 1 aromatic carbocycles. The SMILES string of the molecule is COc1nc(C)c(C(C)N)cc1NN1CCN(c2cc([N+](=O)[O-])cc([N+](=O)SC)c2)CC1. The summed E-state index contributed by atoms with van der Waals surface area (Å²) >= 11 is 0.955. The predicted octanol–water partition coefficient (Wildman–Crippen LogP) is 3.16. The number of nitrogens with two attached hydrogens (primary N) is 1. The molecule has 2 heterocycles. The summed E-state index contributed by atoms with van der Waals surface area (Å²) in [6.45, 7) is 6.34. The number of nitro groups is 1. The van der Waals surface area contributed by atoms with E-state index in [0.717, 1.165) is 28.9 Å². The van der Waals surface area contributed by atoms with E-state index in [-0.39, 0.29) is 17.4 Å². The largest absolute Gasteiger partial charge is 0.479 e. The lowest BCUT2D eigenvalue weighted by Gasteiger charge is -2.36. The van der Waals surface area contributed by atoms with E-state index in [1.807, 2.05) is 29.8 Å². The fourth-order valence-electron chi connectivity index (χ4n) is 3.62. The fourth-order valence-corrected chi connectivity index (χ4v) is 3.94. The summed E-state index contributed by atoms with van der Waals surface area (Å²) in [5.74, 6) is 0.491. The summed E-state index contributed by atoms with van der Waals surface area (Å²) in [4.78, 5) is 29.4. The number of non-ortho nitro benzene ring substituents is 1. The quantitative estimate of drug-likeness (QED) is 0.261. The number of aromatic nitrogens is 1. The second-order valence-corrected chi connectivity index (χ2v) is 8.20. The van der Waals surface area contributed by atoms with E-state index in [2.05, 4.69) is 10.4 Å². The highest BCUT2D eigenvalue weighted by Crippen LogP contribution is 2.32. The van der Waals surface area contributed by atoms with Gasteiger partial charge in [0.1, 0.15) is 9.85 Å². The van der Waals surface area contributed by atoms with Crippen molar-refractivity contribution in [2.75, 3.05) is 49.9 Å². The van der Waals surface area contributed by atoms with Gasteiger partial charge in [0.15, 0.2) is 0 Å². The fraction of sp³-hybridized carbons (Fsp3) is 0.450. The number of nitrogens with zero attached hydrogens (tertiary/aromatic N) is 5. The molecule has 1 aliphatic rings. The number of nitro benzene ring substituents is 1. The molecule has 1 aliphatic heterocycles. The minimum atomic E-state index is -0.480. The Morgan fingerprint density at radius 2 is 1.84 bits per heavy atom. The van der Waals surface area contributed by atoms with Crippen molar-refractivity contribution in [2.45, 2.75) is 19.9 Å². The average molecular weight is 463 g/mol. The summed E-state index contributed by atoms with van der Waals surface area (Å²) in [5.41, 5.74) is 12.7. The number of anilines is 2. The highest BCUT2D eigenvalue weighted by molar-refractivity contribution is 7.92. The first-order valence-corrected chi connectivity index (χ1v) is 11.3. The maximum atomic E-state index is 12.0. The minimum absolute atomic E-state index is 0.105. The second kappa shape index (κ2) is 10.1. The molecule has 0 saturated carbocycles. The van der Waals surface area contributed by atoms with Crippen molar-refractivity contribution in [3.8, 4) is 5.88 Å². The standard InChI is InChI=1S/C20H28N7O4S/c1-13(21)18-12-19(20(31-3)22-14(18)2)23-25-7-5-24(6-8-25)15-9-16(26(28)29)11-17(10-15)27(30)32-4/h9-13,23H,5-8,21H2,1-4H3/q+1. The van der Waals surface area contributed by atoms with Crippen LogP contribution in [0, 0.1) is 21.9 Å². The molecular formula is C20H28N7O4S+. The van der Waals surface area contributed by atoms with Crippen molar-refractivity contribution in [2.24, 2.45) is 5.73 Å². The van der Waals surface area contributed by atoms with E-state index in [0.29, 0.717) is 41.9 Å². The zero-order valence-corrected chi connectivity index (χ0v) is 19.4. The first-order valence-electron chi connectivity index (χ1n) is 10.1. The van der Waals surface area contributed by atoms with Crippen LogP contribution in [-0.2, 0) is 0 Å². The number of nitroso groups, excluding NO2 is 1. The van der Waals surface area contributed by atoms with Crippen molar-refractivity contribution in [3.05, 3.63) is 50.5 Å². The number of aryl methyl sites for hydroxylation is 1. The highest BCUT2D eigenvalue weighted by atomic mass is 32.2. The van der Waals surface area contributed by atoms with Gasteiger partial charge in [-0.2, -0.15) is 0 Å². The number of hydrazine groups is 1. The summed E-state index contributed by atoms with van der Waals surface area (Å²) in [7, 11) is 1.57. The molecule has 2 aromatic rings. The summed E-state index contributed by atoms with van der Waals surface area (Å²) in [6.07, 6.45) is 1.63. The van der Waals surface area contributed by atoms with E-state index in [1.165, 1.54) is 12.1 Å². The van der Waals surface area contributed by atoms with Gasteiger partial charge in [-0.25, -0.2) is 9.99 Å².